The van der Waals surface area contributed by atoms with Crippen molar-refractivity contribution >= 4 is 11.6 Å². The number of aryl methyl sites for hydroxylation is 1. The second kappa shape index (κ2) is 6.68. The highest BCUT2D eigenvalue weighted by Crippen LogP contribution is 2.12. The first kappa shape index (κ1) is 13.3. The first-order valence-corrected chi connectivity index (χ1v) is 6.51. The van der Waals surface area contributed by atoms with Gasteiger partial charge in [-0.25, -0.2) is 9.97 Å². The molecular weight excluding hydrogens is 238 g/mol. The third-order valence-electron chi connectivity index (χ3n) is 2.68. The van der Waals surface area contributed by atoms with Crippen molar-refractivity contribution in [2.75, 3.05) is 17.7 Å². The summed E-state index contributed by atoms with van der Waals surface area (Å²) in [6, 6.07) is 7.78. The van der Waals surface area contributed by atoms with Gasteiger partial charge in [-0.15, -0.1) is 0 Å². The van der Waals surface area contributed by atoms with Crippen molar-refractivity contribution in [1.29, 1.82) is 0 Å². The van der Waals surface area contributed by atoms with E-state index in [-0.39, 0.29) is 0 Å². The lowest BCUT2D eigenvalue weighted by atomic mass is 10.3. The lowest BCUT2D eigenvalue weighted by molar-refractivity contribution is 0.834. The Bertz CT molecular complexity index is 512. The summed E-state index contributed by atoms with van der Waals surface area (Å²) < 4.78 is 0. The molecule has 0 radical (unpaired) electrons. The Morgan fingerprint density at radius 3 is 2.68 bits per heavy atom. The van der Waals surface area contributed by atoms with Gasteiger partial charge in [-0.1, -0.05) is 13.0 Å². The zero-order valence-corrected chi connectivity index (χ0v) is 11.3. The lowest BCUT2D eigenvalue weighted by Gasteiger charge is -2.09. The van der Waals surface area contributed by atoms with Gasteiger partial charge in [0, 0.05) is 25.7 Å². The van der Waals surface area contributed by atoms with E-state index in [9.17, 15) is 0 Å². The lowest BCUT2D eigenvalue weighted by Crippen LogP contribution is -2.07. The smallest absolute Gasteiger partial charge is 0.133 e. The monoisotopic (exact) mass is 257 g/mol. The van der Waals surface area contributed by atoms with Gasteiger partial charge in [0.05, 0.1) is 12.2 Å². The zero-order valence-electron chi connectivity index (χ0n) is 11.3. The minimum Gasteiger partial charge on any atom is -0.373 e. The Balaban J connectivity index is 2.08. The molecule has 0 aromatic carbocycles. The minimum atomic E-state index is 0.659. The SMILES string of the molecule is CCCc1nc(NC)cc(NCc2ccccn2)n1. The zero-order chi connectivity index (χ0) is 13.5. The van der Waals surface area contributed by atoms with Gasteiger partial charge in [0.15, 0.2) is 0 Å². The third kappa shape index (κ3) is 3.91. The molecule has 2 N–H and O–H groups in total. The summed E-state index contributed by atoms with van der Waals surface area (Å²) in [4.78, 5) is 13.2. The van der Waals surface area contributed by atoms with E-state index in [4.69, 9.17) is 0 Å². The second-order valence-corrected chi connectivity index (χ2v) is 4.23. The third-order valence-corrected chi connectivity index (χ3v) is 2.68. The molecular formula is C14H19N5. The molecule has 0 fully saturated rings. The molecule has 19 heavy (non-hydrogen) atoms. The molecule has 0 bridgehead atoms. The van der Waals surface area contributed by atoms with Crippen LogP contribution in [0.1, 0.15) is 24.9 Å². The first-order chi connectivity index (χ1) is 9.31. The maximum atomic E-state index is 4.50. The average Bonchev–Trinajstić information content (AvgIpc) is 2.46. The van der Waals surface area contributed by atoms with Crippen LogP contribution >= 0.6 is 0 Å². The van der Waals surface area contributed by atoms with Crippen LogP contribution in [0.5, 0.6) is 0 Å². The molecule has 5 nitrogen and oxygen atoms in total. The molecule has 0 saturated heterocycles. The van der Waals surface area contributed by atoms with E-state index in [1.54, 1.807) is 6.20 Å². The minimum absolute atomic E-state index is 0.659. The molecule has 2 aromatic heterocycles. The van der Waals surface area contributed by atoms with E-state index >= 15 is 0 Å². The van der Waals surface area contributed by atoms with Crippen LogP contribution in [0.25, 0.3) is 0 Å². The fourth-order valence-electron chi connectivity index (χ4n) is 1.73. The summed E-state index contributed by atoms with van der Waals surface area (Å²) in [5, 5.41) is 6.34. The van der Waals surface area contributed by atoms with Gasteiger partial charge in [0.1, 0.15) is 17.5 Å². The highest BCUT2D eigenvalue weighted by atomic mass is 15.1. The maximum absolute atomic E-state index is 4.50. The number of nitrogens with zero attached hydrogens (tertiary/aromatic N) is 3. The topological polar surface area (TPSA) is 62.7 Å². The van der Waals surface area contributed by atoms with Crippen molar-refractivity contribution in [3.8, 4) is 0 Å². The number of aromatic nitrogens is 3. The summed E-state index contributed by atoms with van der Waals surface area (Å²) in [7, 11) is 1.86. The van der Waals surface area contributed by atoms with E-state index in [2.05, 4.69) is 32.5 Å². The molecule has 5 heteroatoms. The van der Waals surface area contributed by atoms with Crippen LogP contribution in [0.4, 0.5) is 11.6 Å². The molecule has 2 heterocycles. The normalized spacial score (nSPS) is 10.2. The van der Waals surface area contributed by atoms with Gasteiger partial charge < -0.3 is 10.6 Å². The van der Waals surface area contributed by atoms with Crippen LogP contribution in [0.2, 0.25) is 0 Å². The summed E-state index contributed by atoms with van der Waals surface area (Å²) in [5.41, 5.74) is 0.990. The first-order valence-electron chi connectivity index (χ1n) is 6.51. The second-order valence-electron chi connectivity index (χ2n) is 4.23. The number of hydrogen-bond donors (Lipinski definition) is 2. The molecule has 0 atom stereocenters. The van der Waals surface area contributed by atoms with Crippen molar-refractivity contribution in [2.45, 2.75) is 26.3 Å². The Morgan fingerprint density at radius 2 is 2.00 bits per heavy atom. The molecule has 0 aliphatic rings. The van der Waals surface area contributed by atoms with Crippen LogP contribution in [0, 0.1) is 0 Å². The highest BCUT2D eigenvalue weighted by molar-refractivity contribution is 5.47. The van der Waals surface area contributed by atoms with Crippen molar-refractivity contribution < 1.29 is 0 Å². The summed E-state index contributed by atoms with van der Waals surface area (Å²) in [6.07, 6.45) is 3.71. The van der Waals surface area contributed by atoms with Gasteiger partial charge in [0.25, 0.3) is 0 Å². The predicted octanol–water partition coefficient (Wildman–Crippen LogP) is 2.48. The number of nitrogens with one attached hydrogen (secondary N) is 2. The summed E-state index contributed by atoms with van der Waals surface area (Å²) in [6.45, 7) is 2.78. The molecule has 2 rings (SSSR count). The van der Waals surface area contributed by atoms with Gasteiger partial charge in [-0.2, -0.15) is 0 Å². The van der Waals surface area contributed by atoms with E-state index in [0.29, 0.717) is 6.54 Å². The van der Waals surface area contributed by atoms with Crippen LogP contribution in [-0.4, -0.2) is 22.0 Å². The van der Waals surface area contributed by atoms with Crippen molar-refractivity contribution in [2.24, 2.45) is 0 Å². The van der Waals surface area contributed by atoms with Gasteiger partial charge in [0.2, 0.25) is 0 Å². The number of anilines is 2. The fourth-order valence-corrected chi connectivity index (χ4v) is 1.73. The Hall–Kier alpha value is -2.17. The van der Waals surface area contributed by atoms with Gasteiger partial charge >= 0.3 is 0 Å². The molecule has 0 aliphatic carbocycles. The predicted molar refractivity (Wildman–Crippen MR) is 77.1 cm³/mol. The Labute approximate surface area is 113 Å². The molecule has 2 aromatic rings. The molecule has 100 valence electrons. The van der Waals surface area contributed by atoms with Crippen molar-refractivity contribution in [3.63, 3.8) is 0 Å². The largest absolute Gasteiger partial charge is 0.373 e. The Morgan fingerprint density at radius 1 is 1.16 bits per heavy atom. The van der Waals surface area contributed by atoms with Crippen LogP contribution in [0.3, 0.4) is 0 Å². The molecule has 0 aliphatic heterocycles. The van der Waals surface area contributed by atoms with Crippen molar-refractivity contribution in [3.05, 3.63) is 42.0 Å². The number of hydrogen-bond acceptors (Lipinski definition) is 5. The summed E-state index contributed by atoms with van der Waals surface area (Å²) >= 11 is 0. The highest BCUT2D eigenvalue weighted by Gasteiger charge is 2.03. The van der Waals surface area contributed by atoms with Gasteiger partial charge in [-0.05, 0) is 18.6 Å². The quantitative estimate of drug-likeness (QED) is 0.832. The average molecular weight is 257 g/mol. The summed E-state index contributed by atoms with van der Waals surface area (Å²) in [5.74, 6) is 2.52. The Kier molecular flexibility index (Phi) is 4.66. The van der Waals surface area contributed by atoms with Gasteiger partial charge in [-0.3, -0.25) is 4.98 Å². The van der Waals surface area contributed by atoms with Crippen LogP contribution in [0.15, 0.2) is 30.5 Å². The molecule has 0 unspecified atom stereocenters. The van der Waals surface area contributed by atoms with Crippen molar-refractivity contribution in [1.82, 2.24) is 15.0 Å². The molecule has 0 amide bonds. The number of pyridine rings is 1. The van der Waals surface area contributed by atoms with Crippen LogP contribution in [-0.2, 0) is 13.0 Å². The van der Waals surface area contributed by atoms with E-state index in [1.165, 1.54) is 0 Å². The molecule has 0 spiro atoms. The maximum Gasteiger partial charge on any atom is 0.133 e. The van der Waals surface area contributed by atoms with E-state index < -0.39 is 0 Å². The van der Waals surface area contributed by atoms with E-state index in [0.717, 1.165) is 36.0 Å². The fraction of sp³-hybridized carbons (Fsp3) is 0.357. The number of rotatable bonds is 6. The van der Waals surface area contributed by atoms with Crippen LogP contribution < -0.4 is 10.6 Å². The molecule has 0 saturated carbocycles. The van der Waals surface area contributed by atoms with E-state index in [1.807, 2.05) is 31.3 Å². The standard InChI is InChI=1S/C14H19N5/c1-3-6-12-18-13(15-2)9-14(19-12)17-10-11-7-4-5-8-16-11/h4-5,7-9H,3,6,10H2,1-2H3,(H2,15,17,18,19).